The molecule has 0 saturated heterocycles. The van der Waals surface area contributed by atoms with E-state index in [0.717, 1.165) is 9.40 Å². The standard InChI is InChI=1S/C15H9NO3S2/c1-16-9-3-2-8(6-10(9)19-15(16)18)14(17)13-7-12-11(21-13)4-5-20-12/h2-7H,1H3. The molecule has 4 rings (SSSR count). The Morgan fingerprint density at radius 1 is 1.19 bits per heavy atom. The van der Waals surface area contributed by atoms with Crippen molar-refractivity contribution in [3.63, 3.8) is 0 Å². The Bertz CT molecular complexity index is 1020. The summed E-state index contributed by atoms with van der Waals surface area (Å²) in [4.78, 5) is 24.7. The predicted molar refractivity (Wildman–Crippen MR) is 84.6 cm³/mol. The smallest absolute Gasteiger partial charge is 0.408 e. The maximum absolute atomic E-state index is 12.5. The van der Waals surface area contributed by atoms with Gasteiger partial charge in [0.25, 0.3) is 0 Å². The maximum Gasteiger partial charge on any atom is 0.419 e. The second kappa shape index (κ2) is 4.41. The normalized spacial score (nSPS) is 11.5. The summed E-state index contributed by atoms with van der Waals surface area (Å²) in [6, 6.07) is 9.03. The van der Waals surface area contributed by atoms with E-state index in [4.69, 9.17) is 4.42 Å². The summed E-state index contributed by atoms with van der Waals surface area (Å²) >= 11 is 3.11. The van der Waals surface area contributed by atoms with Crippen molar-refractivity contribution in [1.82, 2.24) is 4.57 Å². The van der Waals surface area contributed by atoms with E-state index in [1.165, 1.54) is 15.9 Å². The number of ketones is 1. The lowest BCUT2D eigenvalue weighted by atomic mass is 10.1. The molecule has 0 amide bonds. The number of benzene rings is 1. The highest BCUT2D eigenvalue weighted by molar-refractivity contribution is 7.28. The molecule has 4 aromatic rings. The summed E-state index contributed by atoms with van der Waals surface area (Å²) in [6.45, 7) is 0. The van der Waals surface area contributed by atoms with Crippen LogP contribution >= 0.6 is 22.7 Å². The average molecular weight is 315 g/mol. The summed E-state index contributed by atoms with van der Waals surface area (Å²) < 4.78 is 8.79. The zero-order valence-electron chi connectivity index (χ0n) is 11.0. The topological polar surface area (TPSA) is 52.2 Å². The summed E-state index contributed by atoms with van der Waals surface area (Å²) in [5, 5.41) is 2.01. The molecule has 0 aliphatic heterocycles. The molecule has 0 unspecified atom stereocenters. The molecule has 0 fully saturated rings. The minimum Gasteiger partial charge on any atom is -0.408 e. The number of nitrogens with zero attached hydrogens (tertiary/aromatic N) is 1. The van der Waals surface area contributed by atoms with Gasteiger partial charge in [0.05, 0.1) is 10.4 Å². The van der Waals surface area contributed by atoms with Gasteiger partial charge in [-0.15, -0.1) is 22.7 Å². The molecule has 0 aliphatic carbocycles. The molecule has 0 atom stereocenters. The third-order valence-electron chi connectivity index (χ3n) is 3.42. The van der Waals surface area contributed by atoms with Crippen molar-refractivity contribution >= 4 is 49.0 Å². The first-order chi connectivity index (χ1) is 10.1. The van der Waals surface area contributed by atoms with Crippen molar-refractivity contribution in [2.24, 2.45) is 7.05 Å². The van der Waals surface area contributed by atoms with E-state index in [0.29, 0.717) is 21.5 Å². The number of carbonyl (C=O) groups excluding carboxylic acids is 1. The van der Waals surface area contributed by atoms with Crippen LogP contribution in [-0.2, 0) is 7.05 Å². The molecule has 0 aliphatic rings. The van der Waals surface area contributed by atoms with Crippen LogP contribution in [0.3, 0.4) is 0 Å². The second-order valence-electron chi connectivity index (χ2n) is 4.70. The number of hydrogen-bond acceptors (Lipinski definition) is 5. The molecule has 3 aromatic heterocycles. The van der Waals surface area contributed by atoms with Gasteiger partial charge in [0.15, 0.2) is 5.58 Å². The lowest BCUT2D eigenvalue weighted by Crippen LogP contribution is -2.08. The van der Waals surface area contributed by atoms with Crippen LogP contribution in [0, 0.1) is 0 Å². The summed E-state index contributed by atoms with van der Waals surface area (Å²) in [6.07, 6.45) is 0. The van der Waals surface area contributed by atoms with Crippen LogP contribution < -0.4 is 5.76 Å². The first-order valence-corrected chi connectivity index (χ1v) is 7.94. The van der Waals surface area contributed by atoms with Crippen LogP contribution in [0.4, 0.5) is 0 Å². The van der Waals surface area contributed by atoms with Gasteiger partial charge in [-0.25, -0.2) is 4.79 Å². The van der Waals surface area contributed by atoms with E-state index in [1.54, 1.807) is 36.6 Å². The average Bonchev–Trinajstić information content (AvgIpc) is 3.12. The molecule has 0 bridgehead atoms. The first kappa shape index (κ1) is 12.6. The third-order valence-corrected chi connectivity index (χ3v) is 5.51. The number of aromatic nitrogens is 1. The summed E-state index contributed by atoms with van der Waals surface area (Å²) in [5.41, 5.74) is 1.65. The number of fused-ring (bicyclic) bond motifs is 2. The molecule has 0 spiro atoms. The van der Waals surface area contributed by atoms with Gasteiger partial charge in [0, 0.05) is 22.0 Å². The number of oxazole rings is 1. The molecular weight excluding hydrogens is 306 g/mol. The Kier molecular flexibility index (Phi) is 2.63. The van der Waals surface area contributed by atoms with Crippen molar-refractivity contribution < 1.29 is 9.21 Å². The van der Waals surface area contributed by atoms with Crippen LogP contribution in [0.5, 0.6) is 0 Å². The van der Waals surface area contributed by atoms with Crippen molar-refractivity contribution in [2.45, 2.75) is 0 Å². The fraction of sp³-hybridized carbons (Fsp3) is 0.0667. The molecule has 4 nitrogen and oxygen atoms in total. The minimum absolute atomic E-state index is 0.0446. The quantitative estimate of drug-likeness (QED) is 0.531. The van der Waals surface area contributed by atoms with Crippen molar-refractivity contribution in [2.75, 3.05) is 0 Å². The van der Waals surface area contributed by atoms with E-state index in [-0.39, 0.29) is 5.78 Å². The van der Waals surface area contributed by atoms with Gasteiger partial charge in [-0.05, 0) is 35.7 Å². The van der Waals surface area contributed by atoms with Crippen molar-refractivity contribution in [1.29, 1.82) is 0 Å². The molecule has 104 valence electrons. The van der Waals surface area contributed by atoms with Crippen molar-refractivity contribution in [3.05, 3.63) is 56.7 Å². The highest BCUT2D eigenvalue weighted by Crippen LogP contribution is 2.31. The fourth-order valence-corrected chi connectivity index (χ4v) is 4.37. The van der Waals surface area contributed by atoms with Crippen LogP contribution in [0.2, 0.25) is 0 Å². The molecule has 0 saturated carbocycles. The Labute approximate surface area is 126 Å². The van der Waals surface area contributed by atoms with Crippen LogP contribution in [0.1, 0.15) is 15.2 Å². The van der Waals surface area contributed by atoms with Gasteiger partial charge >= 0.3 is 5.76 Å². The molecule has 21 heavy (non-hydrogen) atoms. The zero-order chi connectivity index (χ0) is 14.6. The monoisotopic (exact) mass is 315 g/mol. The van der Waals surface area contributed by atoms with Crippen LogP contribution in [0.25, 0.3) is 20.5 Å². The van der Waals surface area contributed by atoms with Gasteiger partial charge in [0.1, 0.15) is 0 Å². The lowest BCUT2D eigenvalue weighted by Gasteiger charge is -1.98. The summed E-state index contributed by atoms with van der Waals surface area (Å²) in [7, 11) is 1.64. The molecular formula is C15H9NO3S2. The molecule has 0 N–H and O–H groups in total. The Balaban J connectivity index is 1.83. The molecule has 6 heteroatoms. The number of hydrogen-bond donors (Lipinski definition) is 0. The third kappa shape index (κ3) is 1.87. The number of thiophene rings is 2. The van der Waals surface area contributed by atoms with Gasteiger partial charge in [0.2, 0.25) is 5.78 Å². The largest absolute Gasteiger partial charge is 0.419 e. The molecule has 0 radical (unpaired) electrons. The van der Waals surface area contributed by atoms with E-state index in [1.807, 2.05) is 17.5 Å². The summed E-state index contributed by atoms with van der Waals surface area (Å²) in [5.74, 6) is -0.469. The highest BCUT2D eigenvalue weighted by Gasteiger charge is 2.15. The van der Waals surface area contributed by atoms with E-state index < -0.39 is 5.76 Å². The number of rotatable bonds is 2. The van der Waals surface area contributed by atoms with Gasteiger partial charge in [-0.1, -0.05) is 0 Å². The van der Waals surface area contributed by atoms with E-state index >= 15 is 0 Å². The maximum atomic E-state index is 12.5. The number of aryl methyl sites for hydroxylation is 1. The van der Waals surface area contributed by atoms with Crippen molar-refractivity contribution in [3.8, 4) is 0 Å². The lowest BCUT2D eigenvalue weighted by molar-refractivity contribution is 0.104. The Morgan fingerprint density at radius 3 is 2.86 bits per heavy atom. The Hall–Kier alpha value is -2.18. The Morgan fingerprint density at radius 2 is 2.05 bits per heavy atom. The second-order valence-corrected chi connectivity index (χ2v) is 6.73. The number of carbonyl (C=O) groups is 1. The van der Waals surface area contributed by atoms with E-state index in [2.05, 4.69) is 0 Å². The molecule has 3 heterocycles. The predicted octanol–water partition coefficient (Wildman–Crippen LogP) is 3.64. The molecule has 1 aromatic carbocycles. The van der Waals surface area contributed by atoms with Gasteiger partial charge < -0.3 is 4.42 Å². The first-order valence-electron chi connectivity index (χ1n) is 6.25. The minimum atomic E-state index is -0.425. The van der Waals surface area contributed by atoms with E-state index in [9.17, 15) is 9.59 Å². The van der Waals surface area contributed by atoms with Crippen LogP contribution in [0.15, 0.2) is 44.9 Å². The van der Waals surface area contributed by atoms with Gasteiger partial charge in [-0.3, -0.25) is 9.36 Å². The van der Waals surface area contributed by atoms with Gasteiger partial charge in [-0.2, -0.15) is 0 Å². The zero-order valence-corrected chi connectivity index (χ0v) is 12.6. The fourth-order valence-electron chi connectivity index (χ4n) is 2.30. The van der Waals surface area contributed by atoms with Crippen LogP contribution in [-0.4, -0.2) is 10.4 Å². The SMILES string of the molecule is Cn1c(=O)oc2cc(C(=O)c3cc4sccc4s3)ccc21. The highest BCUT2D eigenvalue weighted by atomic mass is 32.1.